The van der Waals surface area contributed by atoms with Crippen LogP contribution < -0.4 is 15.8 Å². The van der Waals surface area contributed by atoms with Crippen molar-refractivity contribution >= 4 is 11.5 Å². The second-order valence-corrected chi connectivity index (χ2v) is 7.51. The largest absolute Gasteiger partial charge is 0.392 e. The second kappa shape index (κ2) is 7.26. The smallest absolute Gasteiger partial charge is 0.174 e. The van der Waals surface area contributed by atoms with E-state index in [1.165, 1.54) is 10.1 Å². The number of halogens is 1. The molecule has 4 rings (SSSR count). The van der Waals surface area contributed by atoms with Gasteiger partial charge in [-0.1, -0.05) is 12.1 Å². The molecule has 8 heteroatoms. The van der Waals surface area contributed by atoms with Crippen molar-refractivity contribution in [2.45, 2.75) is 56.3 Å². The van der Waals surface area contributed by atoms with Crippen LogP contribution in [0.5, 0.6) is 0 Å². The molecule has 1 saturated heterocycles. The van der Waals surface area contributed by atoms with Crippen LogP contribution in [0.2, 0.25) is 0 Å². The molecule has 1 heterocycles. The van der Waals surface area contributed by atoms with Gasteiger partial charge in [-0.25, -0.2) is 9.40 Å². The van der Waals surface area contributed by atoms with E-state index in [1.807, 2.05) is 18.2 Å². The van der Waals surface area contributed by atoms with E-state index in [0.29, 0.717) is 42.2 Å². The van der Waals surface area contributed by atoms with Crippen molar-refractivity contribution < 1.29 is 4.39 Å². The van der Waals surface area contributed by atoms with Crippen molar-refractivity contribution in [1.29, 1.82) is 5.41 Å². The highest BCUT2D eigenvalue weighted by molar-refractivity contribution is 6.12. The third kappa shape index (κ3) is 3.66. The topological polar surface area (TPSA) is 83.6 Å². The number of rotatable bonds is 7. The van der Waals surface area contributed by atoms with Crippen molar-refractivity contribution in [3.63, 3.8) is 0 Å². The monoisotopic (exact) mass is 372 g/mol. The number of hydrogen-bond donors (Lipinski definition) is 3. The summed E-state index contributed by atoms with van der Waals surface area (Å²) in [7, 11) is 1.75. The van der Waals surface area contributed by atoms with Crippen molar-refractivity contribution in [3.05, 3.63) is 46.6 Å². The molecule has 1 aliphatic heterocycles. The summed E-state index contributed by atoms with van der Waals surface area (Å²) in [6, 6.07) is 8.60. The van der Waals surface area contributed by atoms with Crippen LogP contribution in [-0.4, -0.2) is 36.1 Å². The molecule has 7 nitrogen and oxygen atoms in total. The lowest BCUT2D eigenvalue weighted by Gasteiger charge is -2.25. The normalized spacial score (nSPS) is 31.0. The van der Waals surface area contributed by atoms with E-state index < -0.39 is 6.17 Å². The van der Waals surface area contributed by atoms with Crippen LogP contribution in [0.3, 0.4) is 0 Å². The fourth-order valence-electron chi connectivity index (χ4n) is 3.98. The minimum Gasteiger partial charge on any atom is -0.392 e. The number of hydrazine groups is 1. The van der Waals surface area contributed by atoms with Crippen LogP contribution in [0.25, 0.3) is 0 Å². The van der Waals surface area contributed by atoms with Crippen LogP contribution in [0.1, 0.15) is 43.6 Å². The first-order valence-corrected chi connectivity index (χ1v) is 9.52. The summed E-state index contributed by atoms with van der Waals surface area (Å²) in [6.45, 7) is 0. The van der Waals surface area contributed by atoms with Gasteiger partial charge in [0.25, 0.3) is 0 Å². The molecular formula is C19H25FN6O. The van der Waals surface area contributed by atoms with Crippen molar-refractivity contribution in [2.24, 2.45) is 5.29 Å². The second-order valence-electron chi connectivity index (χ2n) is 7.51. The quantitative estimate of drug-likeness (QED) is 0.389. The lowest BCUT2D eigenvalue weighted by atomic mass is 9.94. The van der Waals surface area contributed by atoms with E-state index in [-0.39, 0.29) is 5.84 Å². The Balaban J connectivity index is 1.40. The lowest BCUT2D eigenvalue weighted by molar-refractivity contribution is 0.219. The minimum atomic E-state index is -0.630. The maximum Gasteiger partial charge on any atom is 0.174 e. The Hall–Kier alpha value is -2.48. The van der Waals surface area contributed by atoms with Crippen LogP contribution >= 0.6 is 0 Å². The van der Waals surface area contributed by atoms with Crippen LogP contribution in [0.4, 0.5) is 10.1 Å². The van der Waals surface area contributed by atoms with E-state index in [2.05, 4.69) is 22.0 Å². The summed E-state index contributed by atoms with van der Waals surface area (Å²) in [5.74, 6) is 0.659. The molecule has 2 atom stereocenters. The summed E-state index contributed by atoms with van der Waals surface area (Å²) >= 11 is 0. The Labute approximate surface area is 158 Å². The lowest BCUT2D eigenvalue weighted by Crippen LogP contribution is -2.35. The number of nitroso groups, excluding NO2 is 1. The molecule has 0 amide bonds. The molecule has 2 saturated carbocycles. The van der Waals surface area contributed by atoms with Crippen molar-refractivity contribution in [3.8, 4) is 0 Å². The standard InChI is InChI=1S/C19H25FN6O/c1-22-11-18-19(21)25(18)26(24-27)15-4-2-3-12(9-15)16-10-17(16)23-14-7-5-13(20)6-8-14/h2-4,9,11,13-14,16-17,21-23H,5-8,10H2,1H3/b18-11+,21-19?. The van der Waals surface area contributed by atoms with Gasteiger partial charge in [0.2, 0.25) is 0 Å². The predicted octanol–water partition coefficient (Wildman–Crippen LogP) is 3.17. The Morgan fingerprint density at radius 2 is 2.11 bits per heavy atom. The first kappa shape index (κ1) is 17.9. The molecule has 27 heavy (non-hydrogen) atoms. The molecule has 1 aromatic carbocycles. The molecule has 2 unspecified atom stereocenters. The summed E-state index contributed by atoms with van der Waals surface area (Å²) < 4.78 is 13.3. The number of nitrogens with one attached hydrogen (secondary N) is 3. The zero-order valence-electron chi connectivity index (χ0n) is 15.4. The van der Waals surface area contributed by atoms with E-state index >= 15 is 0 Å². The molecule has 3 N–H and O–H groups in total. The first-order valence-electron chi connectivity index (χ1n) is 9.52. The Kier molecular flexibility index (Phi) is 4.82. The summed E-state index contributed by atoms with van der Waals surface area (Å²) in [6.07, 6.45) is 5.23. The number of alkyl halides is 1. The third-order valence-electron chi connectivity index (χ3n) is 5.61. The molecule has 0 spiro atoms. The van der Waals surface area contributed by atoms with Gasteiger partial charge in [-0.3, -0.25) is 5.41 Å². The van der Waals surface area contributed by atoms with Gasteiger partial charge >= 0.3 is 0 Å². The number of amidine groups is 1. The molecule has 144 valence electrons. The molecule has 0 aromatic heterocycles. The molecule has 0 bridgehead atoms. The fraction of sp³-hybridized carbons (Fsp3) is 0.526. The van der Waals surface area contributed by atoms with Gasteiger partial charge in [0, 0.05) is 31.2 Å². The maximum absolute atomic E-state index is 13.3. The van der Waals surface area contributed by atoms with Gasteiger partial charge < -0.3 is 10.6 Å². The van der Waals surface area contributed by atoms with Crippen LogP contribution in [-0.2, 0) is 0 Å². The molecule has 3 fully saturated rings. The van der Waals surface area contributed by atoms with Gasteiger partial charge in [-0.05, 0) is 49.8 Å². The number of benzene rings is 1. The molecule has 0 radical (unpaired) electrons. The van der Waals surface area contributed by atoms with Crippen LogP contribution in [0, 0.1) is 10.3 Å². The van der Waals surface area contributed by atoms with Crippen LogP contribution in [0.15, 0.2) is 41.4 Å². The van der Waals surface area contributed by atoms with Gasteiger partial charge in [-0.2, -0.15) is 0 Å². The van der Waals surface area contributed by atoms with E-state index in [4.69, 9.17) is 5.41 Å². The maximum atomic E-state index is 13.3. The highest BCUT2D eigenvalue weighted by Gasteiger charge is 2.43. The van der Waals surface area contributed by atoms with Gasteiger partial charge in [0.1, 0.15) is 11.9 Å². The molecule has 1 aromatic rings. The summed E-state index contributed by atoms with van der Waals surface area (Å²) in [5.41, 5.74) is 2.43. The fourth-order valence-corrected chi connectivity index (χ4v) is 3.98. The zero-order valence-corrected chi connectivity index (χ0v) is 15.4. The Bertz CT molecular complexity index is 760. The average molecular weight is 372 g/mol. The Morgan fingerprint density at radius 1 is 1.33 bits per heavy atom. The van der Waals surface area contributed by atoms with Crippen molar-refractivity contribution in [2.75, 3.05) is 12.2 Å². The summed E-state index contributed by atoms with van der Waals surface area (Å²) in [5, 5.41) is 20.2. The predicted molar refractivity (Wildman–Crippen MR) is 103 cm³/mol. The van der Waals surface area contributed by atoms with E-state index in [0.717, 1.165) is 24.8 Å². The minimum absolute atomic E-state index is 0.254. The number of anilines is 1. The zero-order chi connectivity index (χ0) is 19.0. The Morgan fingerprint density at radius 3 is 2.81 bits per heavy atom. The van der Waals surface area contributed by atoms with Gasteiger partial charge in [0.15, 0.2) is 5.84 Å². The van der Waals surface area contributed by atoms with Crippen molar-refractivity contribution in [1.82, 2.24) is 15.6 Å². The first-order chi connectivity index (χ1) is 13.1. The molecule has 3 aliphatic rings. The third-order valence-corrected chi connectivity index (χ3v) is 5.61. The van der Waals surface area contributed by atoms with Gasteiger partial charge in [-0.15, -0.1) is 10.0 Å². The highest BCUT2D eigenvalue weighted by Crippen LogP contribution is 2.43. The summed E-state index contributed by atoms with van der Waals surface area (Å²) in [4.78, 5) is 11.4. The van der Waals surface area contributed by atoms with E-state index in [1.54, 1.807) is 13.2 Å². The highest BCUT2D eigenvalue weighted by atomic mass is 19.1. The number of nitrogens with zero attached hydrogens (tertiary/aromatic N) is 3. The SMILES string of the molecule is CN/C=C1\C(=N)N1N(N=O)c1cccc(C2CC2NC2CCC(F)CC2)c1. The number of hydrogen-bond acceptors (Lipinski definition) is 5. The average Bonchev–Trinajstić information content (AvgIpc) is 3.58. The van der Waals surface area contributed by atoms with E-state index in [9.17, 15) is 9.30 Å². The molecular weight excluding hydrogens is 347 g/mol. The van der Waals surface area contributed by atoms with Gasteiger partial charge in [0.05, 0.1) is 11.0 Å². The molecule has 2 aliphatic carbocycles.